The molecule has 1 heterocycles. The van der Waals surface area contributed by atoms with E-state index < -0.39 is 8.53 Å². The van der Waals surface area contributed by atoms with Crippen LogP contribution in [0.4, 0.5) is 0 Å². The first-order valence-electron chi connectivity index (χ1n) is 13.9. The number of rotatable bonds is 20. The number of unbranched alkanes of at least 4 members (excludes halogenated alkanes) is 10. The summed E-state index contributed by atoms with van der Waals surface area (Å²) in [5, 5.41) is 8.87. The highest BCUT2D eigenvalue weighted by Gasteiger charge is 2.34. The summed E-state index contributed by atoms with van der Waals surface area (Å²) in [4.78, 5) is 14.7. The van der Waals surface area contributed by atoms with Crippen LogP contribution in [0.1, 0.15) is 125 Å². The summed E-state index contributed by atoms with van der Waals surface area (Å²) in [6, 6.07) is 2.71. The van der Waals surface area contributed by atoms with Gasteiger partial charge in [0.25, 0.3) is 8.53 Å². The summed E-state index contributed by atoms with van der Waals surface area (Å²) in [5.74, 6) is 0.265. The van der Waals surface area contributed by atoms with Crippen molar-refractivity contribution in [3.05, 3.63) is 0 Å². The van der Waals surface area contributed by atoms with Crippen LogP contribution in [0, 0.1) is 11.3 Å². The Morgan fingerprint density at radius 3 is 2.09 bits per heavy atom. The third kappa shape index (κ3) is 13.4. The lowest BCUT2D eigenvalue weighted by atomic mass is 10.1. The van der Waals surface area contributed by atoms with Crippen molar-refractivity contribution < 1.29 is 13.8 Å². The molecule has 1 rings (SSSR count). The van der Waals surface area contributed by atoms with E-state index in [4.69, 9.17) is 14.3 Å². The zero-order valence-electron chi connectivity index (χ0n) is 22.8. The number of carbonyl (C=O) groups is 1. The van der Waals surface area contributed by atoms with E-state index in [-0.39, 0.29) is 24.1 Å². The first-order valence-corrected chi connectivity index (χ1v) is 15.1. The fourth-order valence-corrected chi connectivity index (χ4v) is 6.29. The molecule has 1 unspecified atom stereocenters. The zero-order chi connectivity index (χ0) is 25.2. The number of nitrogens with zero attached hydrogens (tertiary/aromatic N) is 3. The molecule has 0 spiro atoms. The minimum absolute atomic E-state index is 0.00877. The first kappa shape index (κ1) is 31.3. The number of amides is 1. The third-order valence-electron chi connectivity index (χ3n) is 6.39. The highest BCUT2D eigenvalue weighted by atomic mass is 31.2. The molecule has 1 saturated heterocycles. The number of likely N-dealkylation sites (tertiary alicyclic amines) is 1. The van der Waals surface area contributed by atoms with Gasteiger partial charge in [-0.05, 0) is 40.5 Å². The molecule has 0 aromatic rings. The Bertz CT molecular complexity index is 560. The second-order valence-electron chi connectivity index (χ2n) is 10.2. The molecule has 6 nitrogen and oxygen atoms in total. The lowest BCUT2D eigenvalue weighted by Gasteiger charge is -2.36. The Hall–Kier alpha value is -0.730. The molecule has 0 aromatic carbocycles. The van der Waals surface area contributed by atoms with Crippen molar-refractivity contribution in [3.8, 4) is 6.07 Å². The number of carbonyl (C=O) groups excluding carboxylic acids is 1. The van der Waals surface area contributed by atoms with E-state index in [2.05, 4.69) is 45.4 Å². The molecule has 2 atom stereocenters. The maximum atomic E-state index is 12.7. The van der Waals surface area contributed by atoms with Crippen molar-refractivity contribution in [2.75, 3.05) is 19.7 Å². The fraction of sp³-hybridized carbons (Fsp3) is 0.926. The highest BCUT2D eigenvalue weighted by Crippen LogP contribution is 2.48. The number of hydrogen-bond acceptors (Lipinski definition) is 5. The monoisotopic (exact) mass is 497 g/mol. The van der Waals surface area contributed by atoms with Crippen molar-refractivity contribution in [3.63, 3.8) is 0 Å². The Morgan fingerprint density at radius 1 is 1.00 bits per heavy atom. The van der Waals surface area contributed by atoms with Gasteiger partial charge in [-0.15, -0.1) is 0 Å². The van der Waals surface area contributed by atoms with E-state index in [9.17, 15) is 4.79 Å². The van der Waals surface area contributed by atoms with Crippen LogP contribution in [0.2, 0.25) is 0 Å². The number of hydrogen-bond donors (Lipinski definition) is 0. The molecule has 0 bridgehead atoms. The molecular formula is C27H52N3O3P. The van der Waals surface area contributed by atoms with E-state index in [0.717, 1.165) is 25.8 Å². The summed E-state index contributed by atoms with van der Waals surface area (Å²) >= 11 is 0. The molecule has 34 heavy (non-hydrogen) atoms. The van der Waals surface area contributed by atoms with E-state index in [1.807, 2.05) is 4.90 Å². The summed E-state index contributed by atoms with van der Waals surface area (Å²) in [5.41, 5.74) is 0. The number of nitriles is 1. The first-order chi connectivity index (χ1) is 16.4. The minimum Gasteiger partial charge on any atom is -0.340 e. The van der Waals surface area contributed by atoms with Gasteiger partial charge in [-0.2, -0.15) is 5.26 Å². The predicted octanol–water partition coefficient (Wildman–Crippen LogP) is 7.58. The van der Waals surface area contributed by atoms with Gasteiger partial charge in [-0.3, -0.25) is 4.79 Å². The van der Waals surface area contributed by atoms with Crippen LogP contribution in [0.5, 0.6) is 0 Å². The van der Waals surface area contributed by atoms with Gasteiger partial charge in [0.05, 0.1) is 25.2 Å². The molecule has 198 valence electrons. The molecule has 1 fully saturated rings. The summed E-state index contributed by atoms with van der Waals surface area (Å²) in [6.45, 7) is 12.6. The van der Waals surface area contributed by atoms with Crippen LogP contribution in [0.3, 0.4) is 0 Å². The van der Waals surface area contributed by atoms with Crippen LogP contribution in [0.15, 0.2) is 0 Å². The van der Waals surface area contributed by atoms with Gasteiger partial charge in [0, 0.05) is 31.6 Å². The standard InChI is InChI=1S/C27H52N3O3P/c1-6-7-8-9-10-11-12-13-14-15-16-18-27(31)29-21-19-26(23-29)33-34(32-22-17-20-28)30(24(2)3)25(4)5/h24-26H,6-19,21-23H2,1-5H3/t26-,34?/m0/s1. The smallest absolute Gasteiger partial charge is 0.259 e. The van der Waals surface area contributed by atoms with E-state index >= 15 is 0 Å². The summed E-state index contributed by atoms with van der Waals surface area (Å²) < 4.78 is 14.7. The summed E-state index contributed by atoms with van der Waals surface area (Å²) in [6.07, 6.45) is 16.2. The second-order valence-corrected chi connectivity index (χ2v) is 11.6. The molecule has 1 aliphatic heterocycles. The molecule has 1 aliphatic rings. The molecule has 7 heteroatoms. The molecule has 0 radical (unpaired) electrons. The molecule has 0 saturated carbocycles. The van der Waals surface area contributed by atoms with Crippen LogP contribution in [-0.4, -0.2) is 53.4 Å². The Balaban J connectivity index is 2.28. The Morgan fingerprint density at radius 2 is 1.56 bits per heavy atom. The zero-order valence-corrected chi connectivity index (χ0v) is 23.7. The van der Waals surface area contributed by atoms with Gasteiger partial charge < -0.3 is 13.9 Å². The van der Waals surface area contributed by atoms with Gasteiger partial charge in [0.1, 0.15) is 0 Å². The lowest BCUT2D eigenvalue weighted by molar-refractivity contribution is -0.130. The molecule has 0 N–H and O–H groups in total. The van der Waals surface area contributed by atoms with Crippen molar-refractivity contribution in [2.24, 2.45) is 0 Å². The van der Waals surface area contributed by atoms with E-state index in [0.29, 0.717) is 26.0 Å². The van der Waals surface area contributed by atoms with Gasteiger partial charge in [-0.25, -0.2) is 4.67 Å². The average molecular weight is 498 g/mol. The summed E-state index contributed by atoms with van der Waals surface area (Å²) in [7, 11) is -1.25. The van der Waals surface area contributed by atoms with E-state index in [1.54, 1.807) is 0 Å². The van der Waals surface area contributed by atoms with Crippen LogP contribution in [-0.2, 0) is 13.8 Å². The normalized spacial score (nSPS) is 17.1. The topological polar surface area (TPSA) is 65.8 Å². The predicted molar refractivity (Wildman–Crippen MR) is 142 cm³/mol. The van der Waals surface area contributed by atoms with Crippen molar-refractivity contribution in [2.45, 2.75) is 143 Å². The van der Waals surface area contributed by atoms with Crippen molar-refractivity contribution in [1.29, 1.82) is 5.26 Å². The van der Waals surface area contributed by atoms with E-state index in [1.165, 1.54) is 57.8 Å². The second kappa shape index (κ2) is 19.5. The SMILES string of the molecule is CCCCCCCCCCCCCC(=O)N1CC[C@H](OP(OCCC#N)N(C(C)C)C(C)C)C1. The van der Waals surface area contributed by atoms with Gasteiger partial charge in [0.2, 0.25) is 5.91 Å². The van der Waals surface area contributed by atoms with Crippen LogP contribution < -0.4 is 0 Å². The third-order valence-corrected chi connectivity index (χ3v) is 8.58. The van der Waals surface area contributed by atoms with Gasteiger partial charge in [-0.1, -0.05) is 71.1 Å². The van der Waals surface area contributed by atoms with Crippen molar-refractivity contribution in [1.82, 2.24) is 9.57 Å². The Kier molecular flexibility index (Phi) is 17.9. The maximum Gasteiger partial charge on any atom is 0.259 e. The molecule has 0 aromatic heterocycles. The van der Waals surface area contributed by atoms with Gasteiger partial charge >= 0.3 is 0 Å². The van der Waals surface area contributed by atoms with Crippen LogP contribution >= 0.6 is 8.53 Å². The van der Waals surface area contributed by atoms with Crippen molar-refractivity contribution >= 4 is 14.4 Å². The fourth-order valence-electron chi connectivity index (χ4n) is 4.56. The molecular weight excluding hydrogens is 445 g/mol. The average Bonchev–Trinajstić information content (AvgIpc) is 3.25. The van der Waals surface area contributed by atoms with Crippen LogP contribution in [0.25, 0.3) is 0 Å². The van der Waals surface area contributed by atoms with Gasteiger partial charge in [0.15, 0.2) is 0 Å². The molecule has 0 aliphatic carbocycles. The molecule has 1 amide bonds. The quantitative estimate of drug-likeness (QED) is 0.128. The minimum atomic E-state index is -1.25. The lowest BCUT2D eigenvalue weighted by Crippen LogP contribution is -2.35. The largest absolute Gasteiger partial charge is 0.340 e. The Labute approximate surface area is 211 Å². The highest BCUT2D eigenvalue weighted by molar-refractivity contribution is 7.44. The maximum absolute atomic E-state index is 12.7.